The molecule has 0 spiro atoms. The van der Waals surface area contributed by atoms with Gasteiger partial charge in [0.05, 0.1) is 7.11 Å². The number of nitrogens with zero attached hydrogens (tertiary/aromatic N) is 1. The summed E-state index contributed by atoms with van der Waals surface area (Å²) >= 11 is 4.98. The van der Waals surface area contributed by atoms with E-state index in [1.165, 1.54) is 11.0 Å². The molecule has 0 unspecified atom stereocenters. The number of thiocarbonyl (C=S) groups is 1. The summed E-state index contributed by atoms with van der Waals surface area (Å²) in [7, 11) is 1.55. The zero-order chi connectivity index (χ0) is 15.4. The van der Waals surface area contributed by atoms with E-state index in [9.17, 15) is 9.59 Å². The minimum Gasteiger partial charge on any atom is -0.497 e. The third kappa shape index (κ3) is 3.17. The van der Waals surface area contributed by atoms with Gasteiger partial charge in [-0.15, -0.1) is 6.58 Å². The molecule has 1 aliphatic rings. The van der Waals surface area contributed by atoms with E-state index in [4.69, 9.17) is 17.0 Å². The highest BCUT2D eigenvalue weighted by molar-refractivity contribution is 7.80. The Labute approximate surface area is 127 Å². The molecule has 0 bridgehead atoms. The van der Waals surface area contributed by atoms with Crippen LogP contribution in [0.2, 0.25) is 0 Å². The van der Waals surface area contributed by atoms with Crippen LogP contribution in [0.3, 0.4) is 0 Å². The van der Waals surface area contributed by atoms with Gasteiger partial charge in [0.25, 0.3) is 11.8 Å². The average molecular weight is 302 g/mol. The lowest BCUT2D eigenvalue weighted by atomic mass is 10.1. The number of ether oxygens (including phenoxy) is 1. The van der Waals surface area contributed by atoms with Crippen LogP contribution in [0.4, 0.5) is 0 Å². The number of hydrogen-bond acceptors (Lipinski definition) is 4. The Bertz CT molecular complexity index is 652. The molecule has 1 fully saturated rings. The maximum absolute atomic E-state index is 12.3. The average Bonchev–Trinajstić information content (AvgIpc) is 2.48. The van der Waals surface area contributed by atoms with Crippen molar-refractivity contribution in [3.63, 3.8) is 0 Å². The second-order valence-corrected chi connectivity index (χ2v) is 4.69. The molecule has 6 heteroatoms. The number of methoxy groups -OCH3 is 1. The third-order valence-corrected chi connectivity index (χ3v) is 3.22. The van der Waals surface area contributed by atoms with Crippen molar-refractivity contribution in [2.24, 2.45) is 0 Å². The predicted molar refractivity (Wildman–Crippen MR) is 83.6 cm³/mol. The van der Waals surface area contributed by atoms with E-state index >= 15 is 0 Å². The van der Waals surface area contributed by atoms with Crippen molar-refractivity contribution in [2.75, 3.05) is 13.7 Å². The van der Waals surface area contributed by atoms with E-state index in [0.29, 0.717) is 11.3 Å². The van der Waals surface area contributed by atoms with Gasteiger partial charge in [0, 0.05) is 6.54 Å². The van der Waals surface area contributed by atoms with Crippen molar-refractivity contribution in [3.05, 3.63) is 48.1 Å². The summed E-state index contributed by atoms with van der Waals surface area (Å²) in [6.45, 7) is 3.82. The van der Waals surface area contributed by atoms with Crippen LogP contribution in [0, 0.1) is 0 Å². The number of rotatable bonds is 4. The van der Waals surface area contributed by atoms with Gasteiger partial charge in [0.2, 0.25) is 0 Å². The lowest BCUT2D eigenvalue weighted by Gasteiger charge is -2.27. The summed E-state index contributed by atoms with van der Waals surface area (Å²) in [5, 5.41) is 2.58. The maximum atomic E-state index is 12.3. The van der Waals surface area contributed by atoms with Gasteiger partial charge in [-0.3, -0.25) is 19.8 Å². The van der Waals surface area contributed by atoms with Gasteiger partial charge in [0.1, 0.15) is 11.3 Å². The molecule has 1 N–H and O–H groups in total. The molecule has 21 heavy (non-hydrogen) atoms. The first-order chi connectivity index (χ1) is 10.1. The second kappa shape index (κ2) is 6.32. The molecule has 1 saturated heterocycles. The smallest absolute Gasteiger partial charge is 0.265 e. The normalized spacial score (nSPS) is 16.9. The Morgan fingerprint density at radius 3 is 2.86 bits per heavy atom. The van der Waals surface area contributed by atoms with Gasteiger partial charge in [-0.2, -0.15) is 0 Å². The topological polar surface area (TPSA) is 58.6 Å². The van der Waals surface area contributed by atoms with Crippen molar-refractivity contribution in [3.8, 4) is 5.75 Å². The van der Waals surface area contributed by atoms with Gasteiger partial charge >= 0.3 is 0 Å². The molecule has 5 nitrogen and oxygen atoms in total. The summed E-state index contributed by atoms with van der Waals surface area (Å²) in [4.78, 5) is 25.6. The van der Waals surface area contributed by atoms with E-state index < -0.39 is 11.8 Å². The summed E-state index contributed by atoms with van der Waals surface area (Å²) in [6.07, 6.45) is 3.06. The Hall–Kier alpha value is -2.47. The molecular formula is C15H14N2O3S. The standard InChI is InChI=1S/C15H14N2O3S/c1-3-7-17-14(19)12(13(18)16-15(17)21)9-10-5-4-6-11(8-10)20-2/h3-6,8-9H,1,7H2,2H3,(H,16,18,21). The van der Waals surface area contributed by atoms with Crippen LogP contribution in [0.25, 0.3) is 6.08 Å². The monoisotopic (exact) mass is 302 g/mol. The quantitative estimate of drug-likeness (QED) is 0.396. The van der Waals surface area contributed by atoms with Crippen LogP contribution >= 0.6 is 12.2 Å². The molecule has 1 aromatic carbocycles. The van der Waals surface area contributed by atoms with Gasteiger partial charge in [-0.1, -0.05) is 18.2 Å². The van der Waals surface area contributed by atoms with Gasteiger partial charge < -0.3 is 4.74 Å². The Morgan fingerprint density at radius 2 is 2.19 bits per heavy atom. The summed E-state index contributed by atoms with van der Waals surface area (Å²) in [5.41, 5.74) is 0.720. The van der Waals surface area contributed by atoms with E-state index in [-0.39, 0.29) is 17.2 Å². The number of amides is 2. The first-order valence-electron chi connectivity index (χ1n) is 6.20. The lowest BCUT2D eigenvalue weighted by Crippen LogP contribution is -2.53. The van der Waals surface area contributed by atoms with Crippen LogP contribution in [-0.2, 0) is 9.59 Å². The fraction of sp³-hybridized carbons (Fsp3) is 0.133. The molecule has 1 aliphatic heterocycles. The third-order valence-electron chi connectivity index (χ3n) is 2.90. The van der Waals surface area contributed by atoms with Crippen molar-refractivity contribution in [2.45, 2.75) is 0 Å². The van der Waals surface area contributed by atoms with E-state index in [1.807, 2.05) is 0 Å². The van der Waals surface area contributed by atoms with Crippen LogP contribution in [-0.4, -0.2) is 35.5 Å². The van der Waals surface area contributed by atoms with Crippen LogP contribution in [0.1, 0.15) is 5.56 Å². The number of benzene rings is 1. The predicted octanol–water partition coefficient (Wildman–Crippen LogP) is 1.51. The summed E-state index contributed by atoms with van der Waals surface area (Å²) in [6, 6.07) is 7.08. The van der Waals surface area contributed by atoms with Crippen molar-refractivity contribution < 1.29 is 14.3 Å². The maximum Gasteiger partial charge on any atom is 0.265 e. The Morgan fingerprint density at radius 1 is 1.43 bits per heavy atom. The fourth-order valence-electron chi connectivity index (χ4n) is 1.89. The highest BCUT2D eigenvalue weighted by atomic mass is 32.1. The Kier molecular flexibility index (Phi) is 4.49. The zero-order valence-corrected chi connectivity index (χ0v) is 12.3. The van der Waals surface area contributed by atoms with Crippen molar-refractivity contribution >= 4 is 35.2 Å². The molecular weight excluding hydrogens is 288 g/mol. The largest absolute Gasteiger partial charge is 0.497 e. The highest BCUT2D eigenvalue weighted by Crippen LogP contribution is 2.18. The minimum atomic E-state index is -0.506. The van der Waals surface area contributed by atoms with E-state index in [1.54, 1.807) is 37.5 Å². The van der Waals surface area contributed by atoms with Crippen LogP contribution < -0.4 is 10.1 Å². The highest BCUT2D eigenvalue weighted by Gasteiger charge is 2.32. The molecule has 0 aromatic heterocycles. The van der Waals surface area contributed by atoms with Crippen LogP contribution in [0.5, 0.6) is 5.75 Å². The number of hydrogen-bond donors (Lipinski definition) is 1. The number of carbonyl (C=O) groups is 2. The van der Waals surface area contributed by atoms with Crippen LogP contribution in [0.15, 0.2) is 42.5 Å². The molecule has 108 valence electrons. The number of nitrogens with one attached hydrogen (secondary N) is 1. The molecule has 1 heterocycles. The van der Waals surface area contributed by atoms with Crippen molar-refractivity contribution in [1.82, 2.24) is 10.2 Å². The van der Waals surface area contributed by atoms with E-state index in [0.717, 1.165) is 0 Å². The summed E-state index contributed by atoms with van der Waals surface area (Å²) < 4.78 is 5.12. The Balaban J connectivity index is 2.37. The SMILES string of the molecule is C=CCN1C(=O)C(=Cc2cccc(OC)c2)C(=O)NC1=S. The zero-order valence-electron chi connectivity index (χ0n) is 11.5. The molecule has 1 aromatic rings. The molecule has 0 saturated carbocycles. The summed E-state index contributed by atoms with van der Waals surface area (Å²) in [5.74, 6) is -0.300. The molecule has 0 atom stereocenters. The molecule has 2 rings (SSSR count). The lowest BCUT2D eigenvalue weighted by molar-refractivity contribution is -0.128. The minimum absolute atomic E-state index is 0.0266. The van der Waals surface area contributed by atoms with Gasteiger partial charge in [-0.05, 0) is 36.0 Å². The van der Waals surface area contributed by atoms with Gasteiger partial charge in [0.15, 0.2) is 5.11 Å². The molecule has 0 radical (unpaired) electrons. The molecule has 0 aliphatic carbocycles. The first kappa shape index (κ1) is 14.9. The first-order valence-corrected chi connectivity index (χ1v) is 6.61. The second-order valence-electron chi connectivity index (χ2n) is 4.30. The van der Waals surface area contributed by atoms with E-state index in [2.05, 4.69) is 11.9 Å². The van der Waals surface area contributed by atoms with Gasteiger partial charge in [-0.25, -0.2) is 0 Å². The number of carbonyl (C=O) groups excluding carboxylic acids is 2. The fourth-order valence-corrected chi connectivity index (χ4v) is 2.14. The molecule has 2 amide bonds. The van der Waals surface area contributed by atoms with Crippen molar-refractivity contribution in [1.29, 1.82) is 0 Å².